The van der Waals surface area contributed by atoms with E-state index in [0.29, 0.717) is 18.2 Å². The topological polar surface area (TPSA) is 90.4 Å². The van der Waals surface area contributed by atoms with Crippen molar-refractivity contribution in [2.24, 2.45) is 7.05 Å². The van der Waals surface area contributed by atoms with Crippen LogP contribution in [0.15, 0.2) is 35.1 Å². The van der Waals surface area contributed by atoms with Crippen molar-refractivity contribution < 1.29 is 9.90 Å². The van der Waals surface area contributed by atoms with Gasteiger partial charge in [0.25, 0.3) is 5.56 Å². The Labute approximate surface area is 175 Å². The van der Waals surface area contributed by atoms with Crippen LogP contribution in [-0.2, 0) is 20.0 Å². The Morgan fingerprint density at radius 1 is 1.30 bits per heavy atom. The molecule has 3 heterocycles. The predicted molar refractivity (Wildman–Crippen MR) is 118 cm³/mol. The maximum Gasteiger partial charge on any atom is 0.341 e. The third-order valence-electron chi connectivity index (χ3n) is 6.23. The third kappa shape index (κ3) is 3.66. The number of aromatic nitrogens is 2. The number of likely N-dealkylation sites (N-methyl/N-ethyl adjacent to an activating group) is 1. The molecule has 0 saturated carbocycles. The first-order chi connectivity index (χ1) is 14.4. The van der Waals surface area contributed by atoms with Gasteiger partial charge in [0.2, 0.25) is 0 Å². The van der Waals surface area contributed by atoms with Gasteiger partial charge in [-0.1, -0.05) is 13.0 Å². The summed E-state index contributed by atoms with van der Waals surface area (Å²) in [5, 5.41) is 13.7. The second kappa shape index (κ2) is 8.08. The van der Waals surface area contributed by atoms with Gasteiger partial charge in [0.1, 0.15) is 5.56 Å². The molecule has 0 amide bonds. The van der Waals surface area contributed by atoms with Crippen LogP contribution >= 0.6 is 0 Å². The number of carboxylic acid groups (broad SMARTS) is 1. The molecule has 1 fully saturated rings. The minimum absolute atomic E-state index is 0.218. The number of aryl methyl sites for hydroxylation is 2. The lowest BCUT2D eigenvalue weighted by atomic mass is 10.0. The molecule has 1 atom stereocenters. The molecule has 0 radical (unpaired) electrons. The Hall–Kier alpha value is -2.90. The van der Waals surface area contributed by atoms with E-state index in [1.165, 1.54) is 18.2 Å². The number of H-pyrrole nitrogens is 1. The van der Waals surface area contributed by atoms with Crippen molar-refractivity contribution >= 4 is 16.9 Å². The summed E-state index contributed by atoms with van der Waals surface area (Å²) in [5.41, 5.74) is 4.00. The zero-order valence-corrected chi connectivity index (χ0v) is 17.7. The molecular weight excluding hydrogens is 380 g/mol. The first-order valence-electron chi connectivity index (χ1n) is 10.4. The average Bonchev–Trinajstić information content (AvgIpc) is 3.31. The van der Waals surface area contributed by atoms with Crippen LogP contribution in [0.25, 0.3) is 22.2 Å². The number of nitrogens with zero attached hydrogens (tertiary/aromatic N) is 2. The van der Waals surface area contributed by atoms with Gasteiger partial charge < -0.3 is 20.0 Å². The summed E-state index contributed by atoms with van der Waals surface area (Å²) < 4.78 is 2.23. The Morgan fingerprint density at radius 2 is 2.10 bits per heavy atom. The number of fused-ring (bicyclic) bond motifs is 1. The van der Waals surface area contributed by atoms with Crippen LogP contribution in [0.3, 0.4) is 0 Å². The fourth-order valence-electron chi connectivity index (χ4n) is 4.42. The third-order valence-corrected chi connectivity index (χ3v) is 6.23. The normalized spacial score (nSPS) is 17.1. The van der Waals surface area contributed by atoms with Gasteiger partial charge in [0.15, 0.2) is 0 Å². The number of aromatic carboxylic acids is 1. The summed E-state index contributed by atoms with van der Waals surface area (Å²) in [6, 6.07) is 10.4. The average molecular weight is 409 g/mol. The molecule has 0 aliphatic carbocycles. The Balaban J connectivity index is 1.70. The largest absolute Gasteiger partial charge is 0.477 e. The minimum atomic E-state index is -1.21. The first kappa shape index (κ1) is 20.4. The monoisotopic (exact) mass is 408 g/mol. The van der Waals surface area contributed by atoms with Crippen LogP contribution in [0.5, 0.6) is 0 Å². The van der Waals surface area contributed by atoms with Crippen molar-refractivity contribution in [3.63, 3.8) is 0 Å². The SMILES string of the molecule is CCc1cc(C(=O)O)c(=O)[nH]c1-c1ccc2c(c1)cc(CN1CCC(NC)C1)n2C. The molecule has 7 heteroatoms. The van der Waals surface area contributed by atoms with Gasteiger partial charge in [0, 0.05) is 49.3 Å². The highest BCUT2D eigenvalue weighted by Crippen LogP contribution is 2.28. The van der Waals surface area contributed by atoms with E-state index in [9.17, 15) is 14.7 Å². The standard InChI is InChI=1S/C23H28N4O3/c1-4-14-11-19(23(29)30)22(28)25-21(14)15-5-6-20-16(9-15)10-18(26(20)3)13-27-8-7-17(12-27)24-2/h5-6,9-11,17,24H,4,7-8,12-13H2,1-3H3,(H,25,28)(H,29,30). The Bertz CT molecular complexity index is 1160. The second-order valence-electron chi connectivity index (χ2n) is 8.05. The number of pyridine rings is 1. The summed E-state index contributed by atoms with van der Waals surface area (Å²) >= 11 is 0. The van der Waals surface area contributed by atoms with Gasteiger partial charge in [-0.2, -0.15) is 0 Å². The van der Waals surface area contributed by atoms with E-state index in [1.54, 1.807) is 0 Å². The number of likely N-dealkylation sites (tertiary alicyclic amines) is 1. The highest BCUT2D eigenvalue weighted by atomic mass is 16.4. The minimum Gasteiger partial charge on any atom is -0.477 e. The molecule has 4 rings (SSSR count). The van der Waals surface area contributed by atoms with Crippen molar-refractivity contribution in [3.05, 3.63) is 57.5 Å². The lowest BCUT2D eigenvalue weighted by molar-refractivity contribution is 0.0695. The first-order valence-corrected chi connectivity index (χ1v) is 10.4. The zero-order valence-electron chi connectivity index (χ0n) is 17.7. The summed E-state index contributed by atoms with van der Waals surface area (Å²) in [7, 11) is 4.11. The highest BCUT2D eigenvalue weighted by Gasteiger charge is 2.22. The number of hydrogen-bond donors (Lipinski definition) is 3. The van der Waals surface area contributed by atoms with Crippen molar-refractivity contribution in [2.75, 3.05) is 20.1 Å². The molecule has 1 unspecified atom stereocenters. The van der Waals surface area contributed by atoms with E-state index < -0.39 is 11.5 Å². The maximum absolute atomic E-state index is 12.2. The van der Waals surface area contributed by atoms with Gasteiger partial charge in [-0.25, -0.2) is 4.79 Å². The maximum atomic E-state index is 12.2. The smallest absolute Gasteiger partial charge is 0.341 e. The lowest BCUT2D eigenvalue weighted by Gasteiger charge is -2.16. The fraction of sp³-hybridized carbons (Fsp3) is 0.391. The van der Waals surface area contributed by atoms with Gasteiger partial charge in [-0.15, -0.1) is 0 Å². The van der Waals surface area contributed by atoms with E-state index in [0.717, 1.165) is 41.7 Å². The summed E-state index contributed by atoms with van der Waals surface area (Å²) in [6.07, 6.45) is 1.80. The number of carbonyl (C=O) groups is 1. The van der Waals surface area contributed by atoms with Crippen molar-refractivity contribution in [3.8, 4) is 11.3 Å². The van der Waals surface area contributed by atoms with E-state index in [2.05, 4.69) is 45.0 Å². The number of benzene rings is 1. The molecular formula is C23H28N4O3. The fourth-order valence-corrected chi connectivity index (χ4v) is 4.42. The van der Waals surface area contributed by atoms with Crippen LogP contribution in [0.1, 0.15) is 35.0 Å². The van der Waals surface area contributed by atoms with E-state index in [-0.39, 0.29) is 5.56 Å². The van der Waals surface area contributed by atoms with Crippen molar-refractivity contribution in [1.82, 2.24) is 19.8 Å². The molecule has 30 heavy (non-hydrogen) atoms. The molecule has 7 nitrogen and oxygen atoms in total. The van der Waals surface area contributed by atoms with Crippen LogP contribution < -0.4 is 10.9 Å². The molecule has 3 N–H and O–H groups in total. The van der Waals surface area contributed by atoms with Gasteiger partial charge in [0.05, 0.1) is 5.69 Å². The summed E-state index contributed by atoms with van der Waals surface area (Å²) in [4.78, 5) is 28.8. The van der Waals surface area contributed by atoms with Gasteiger partial charge in [-0.3, -0.25) is 9.69 Å². The van der Waals surface area contributed by atoms with Gasteiger partial charge >= 0.3 is 5.97 Å². The molecule has 1 aromatic carbocycles. The molecule has 2 aromatic heterocycles. The summed E-state index contributed by atoms with van der Waals surface area (Å²) in [6.45, 7) is 5.01. The second-order valence-corrected chi connectivity index (χ2v) is 8.05. The number of hydrogen-bond acceptors (Lipinski definition) is 4. The molecule has 1 saturated heterocycles. The molecule has 1 aliphatic rings. The molecule has 3 aromatic rings. The van der Waals surface area contributed by atoms with E-state index >= 15 is 0 Å². The lowest BCUT2D eigenvalue weighted by Crippen LogP contribution is -2.29. The van der Waals surface area contributed by atoms with Crippen molar-refractivity contribution in [1.29, 1.82) is 0 Å². The zero-order chi connectivity index (χ0) is 21.4. The predicted octanol–water partition coefficient (Wildman–Crippen LogP) is 2.59. The van der Waals surface area contributed by atoms with Crippen LogP contribution in [0.4, 0.5) is 0 Å². The highest BCUT2D eigenvalue weighted by molar-refractivity contribution is 5.89. The van der Waals surface area contributed by atoms with E-state index in [4.69, 9.17) is 0 Å². The summed E-state index contributed by atoms with van der Waals surface area (Å²) in [5.74, 6) is -1.21. The van der Waals surface area contributed by atoms with Crippen LogP contribution in [0.2, 0.25) is 0 Å². The molecule has 1 aliphatic heterocycles. The van der Waals surface area contributed by atoms with Crippen molar-refractivity contribution in [2.45, 2.75) is 32.4 Å². The molecule has 158 valence electrons. The Kier molecular flexibility index (Phi) is 5.49. The van der Waals surface area contributed by atoms with Crippen LogP contribution in [0, 0.1) is 0 Å². The number of nitrogens with one attached hydrogen (secondary N) is 2. The Morgan fingerprint density at radius 3 is 2.77 bits per heavy atom. The molecule has 0 spiro atoms. The van der Waals surface area contributed by atoms with E-state index in [1.807, 2.05) is 20.0 Å². The number of carboxylic acids is 1. The molecule has 0 bridgehead atoms. The number of rotatable bonds is 6. The van der Waals surface area contributed by atoms with Gasteiger partial charge in [-0.05, 0) is 55.3 Å². The number of aromatic amines is 1. The van der Waals surface area contributed by atoms with Crippen LogP contribution in [-0.4, -0.2) is 51.7 Å². The quantitative estimate of drug-likeness (QED) is 0.583.